The van der Waals surface area contributed by atoms with Crippen molar-refractivity contribution in [1.29, 1.82) is 0 Å². The van der Waals surface area contributed by atoms with Crippen molar-refractivity contribution < 1.29 is 31.4 Å². The molecule has 3 nitrogen and oxygen atoms in total. The lowest BCUT2D eigenvalue weighted by molar-refractivity contribution is -0.153. The highest BCUT2D eigenvalue weighted by Gasteiger charge is 2.29. The Bertz CT molecular complexity index is 734. The molecule has 0 aliphatic rings. The van der Waals surface area contributed by atoms with Crippen LogP contribution in [0.15, 0.2) is 36.4 Å². The smallest absolute Gasteiger partial charge is 0.422 e. The first-order valence-corrected chi connectivity index (χ1v) is 7.88. The Morgan fingerprint density at radius 3 is 2.38 bits per heavy atom. The van der Waals surface area contributed by atoms with Crippen LogP contribution in [0.3, 0.4) is 0 Å². The lowest BCUT2D eigenvalue weighted by atomic mass is 10.1. The molecule has 26 heavy (non-hydrogen) atoms. The lowest BCUT2D eigenvalue weighted by Gasteiger charge is -2.15. The van der Waals surface area contributed by atoms with Gasteiger partial charge in [-0.15, -0.1) is 0 Å². The maximum absolute atomic E-state index is 13.6. The van der Waals surface area contributed by atoms with Crippen molar-refractivity contribution in [2.45, 2.75) is 26.2 Å². The van der Waals surface area contributed by atoms with Crippen molar-refractivity contribution in [3.63, 3.8) is 0 Å². The molecule has 142 valence electrons. The third-order valence-corrected chi connectivity index (χ3v) is 3.35. The van der Waals surface area contributed by atoms with Crippen molar-refractivity contribution in [2.75, 3.05) is 13.2 Å². The Morgan fingerprint density at radius 1 is 0.923 bits per heavy atom. The summed E-state index contributed by atoms with van der Waals surface area (Å²) < 4.78 is 73.6. The van der Waals surface area contributed by atoms with Gasteiger partial charge in [0.2, 0.25) is 0 Å². The Labute approximate surface area is 147 Å². The normalized spacial score (nSPS) is 11.5. The first-order valence-electron chi connectivity index (χ1n) is 7.88. The molecule has 0 aliphatic heterocycles. The van der Waals surface area contributed by atoms with Crippen LogP contribution in [0.2, 0.25) is 0 Å². The average molecular weight is 375 g/mol. The number of hydrogen-bond donors (Lipinski definition) is 1. The standard InChI is InChI=1S/C18H18F5NO2/c1-2-25-17-7-12(3-6-16(17)26-11-18(21,22)23)9-24-10-13-8-14(19)4-5-15(13)20/h3-8,24H,2,9-11H2,1H3. The molecule has 0 saturated heterocycles. The van der Waals surface area contributed by atoms with Crippen molar-refractivity contribution in [1.82, 2.24) is 5.32 Å². The van der Waals surface area contributed by atoms with E-state index >= 15 is 0 Å². The average Bonchev–Trinajstić information content (AvgIpc) is 2.57. The summed E-state index contributed by atoms with van der Waals surface area (Å²) >= 11 is 0. The molecule has 0 unspecified atom stereocenters. The number of benzene rings is 2. The number of rotatable bonds is 8. The fraction of sp³-hybridized carbons (Fsp3) is 0.333. The number of ether oxygens (including phenoxy) is 2. The predicted molar refractivity (Wildman–Crippen MR) is 86.1 cm³/mol. The van der Waals surface area contributed by atoms with Crippen molar-refractivity contribution in [2.24, 2.45) is 0 Å². The summed E-state index contributed by atoms with van der Waals surface area (Å²) in [6.07, 6.45) is -4.45. The van der Waals surface area contributed by atoms with Crippen LogP contribution in [0, 0.1) is 11.6 Å². The number of hydrogen-bond acceptors (Lipinski definition) is 3. The van der Waals surface area contributed by atoms with Crippen LogP contribution in [0.4, 0.5) is 22.0 Å². The minimum Gasteiger partial charge on any atom is -0.490 e. The molecule has 2 aromatic carbocycles. The molecule has 0 bridgehead atoms. The van der Waals surface area contributed by atoms with Gasteiger partial charge in [0, 0.05) is 18.7 Å². The minimum absolute atomic E-state index is 0.0101. The van der Waals surface area contributed by atoms with E-state index in [4.69, 9.17) is 9.47 Å². The minimum atomic E-state index is -4.45. The summed E-state index contributed by atoms with van der Waals surface area (Å²) in [6.45, 7) is 0.929. The van der Waals surface area contributed by atoms with Gasteiger partial charge in [0.05, 0.1) is 6.61 Å². The van der Waals surface area contributed by atoms with Crippen molar-refractivity contribution in [3.8, 4) is 11.5 Å². The summed E-state index contributed by atoms with van der Waals surface area (Å²) in [5.74, 6) is -0.880. The number of alkyl halides is 3. The van der Waals surface area contributed by atoms with Gasteiger partial charge in [0.25, 0.3) is 0 Å². The summed E-state index contributed by atoms with van der Waals surface area (Å²) in [5.41, 5.74) is 0.879. The fourth-order valence-corrected chi connectivity index (χ4v) is 2.23. The second-order valence-electron chi connectivity index (χ2n) is 5.46. The molecule has 0 heterocycles. The zero-order valence-electron chi connectivity index (χ0n) is 14.0. The van der Waals surface area contributed by atoms with E-state index in [-0.39, 0.29) is 36.8 Å². The fourth-order valence-electron chi connectivity index (χ4n) is 2.23. The second-order valence-corrected chi connectivity index (χ2v) is 5.46. The van der Waals surface area contributed by atoms with E-state index in [2.05, 4.69) is 5.32 Å². The lowest BCUT2D eigenvalue weighted by Crippen LogP contribution is -2.19. The summed E-state index contributed by atoms with van der Waals surface area (Å²) in [5, 5.41) is 2.95. The third kappa shape index (κ3) is 6.18. The van der Waals surface area contributed by atoms with E-state index < -0.39 is 24.4 Å². The highest BCUT2D eigenvalue weighted by Crippen LogP contribution is 2.30. The molecule has 0 aromatic heterocycles. The molecule has 1 N–H and O–H groups in total. The molecule has 2 aromatic rings. The van der Waals surface area contributed by atoms with E-state index in [1.54, 1.807) is 19.1 Å². The van der Waals surface area contributed by atoms with E-state index in [0.29, 0.717) is 5.56 Å². The largest absolute Gasteiger partial charge is 0.490 e. The highest BCUT2D eigenvalue weighted by molar-refractivity contribution is 5.43. The van der Waals surface area contributed by atoms with E-state index in [9.17, 15) is 22.0 Å². The van der Waals surface area contributed by atoms with E-state index in [1.807, 2.05) is 0 Å². The number of nitrogens with one attached hydrogen (secondary N) is 1. The molecule has 0 atom stereocenters. The van der Waals surface area contributed by atoms with Gasteiger partial charge in [0.15, 0.2) is 18.1 Å². The molecule has 2 rings (SSSR count). The maximum Gasteiger partial charge on any atom is 0.422 e. The quantitative estimate of drug-likeness (QED) is 0.685. The van der Waals surface area contributed by atoms with Gasteiger partial charge in [-0.2, -0.15) is 13.2 Å². The van der Waals surface area contributed by atoms with E-state index in [0.717, 1.165) is 18.2 Å². The van der Waals surface area contributed by atoms with Crippen LogP contribution < -0.4 is 14.8 Å². The zero-order valence-corrected chi connectivity index (χ0v) is 14.0. The summed E-state index contributed by atoms with van der Waals surface area (Å²) in [7, 11) is 0. The third-order valence-electron chi connectivity index (χ3n) is 3.35. The molecular weight excluding hydrogens is 357 g/mol. The van der Waals surface area contributed by atoms with Gasteiger partial charge in [-0.3, -0.25) is 0 Å². The maximum atomic E-state index is 13.6. The molecule has 0 spiro atoms. The first-order chi connectivity index (χ1) is 12.3. The SMILES string of the molecule is CCOc1cc(CNCc2cc(F)ccc2F)ccc1OCC(F)(F)F. The van der Waals surface area contributed by atoms with Crippen LogP contribution >= 0.6 is 0 Å². The molecule has 0 amide bonds. The van der Waals surface area contributed by atoms with Crippen LogP contribution in [0.5, 0.6) is 11.5 Å². The summed E-state index contributed by atoms with van der Waals surface area (Å²) in [4.78, 5) is 0. The molecule has 0 radical (unpaired) electrons. The monoisotopic (exact) mass is 375 g/mol. The highest BCUT2D eigenvalue weighted by atomic mass is 19.4. The summed E-state index contributed by atoms with van der Waals surface area (Å²) in [6, 6.07) is 7.69. The van der Waals surface area contributed by atoms with Crippen LogP contribution in [-0.2, 0) is 13.1 Å². The van der Waals surface area contributed by atoms with Gasteiger partial charge in [-0.25, -0.2) is 8.78 Å². The van der Waals surface area contributed by atoms with Crippen LogP contribution in [-0.4, -0.2) is 19.4 Å². The molecule has 0 aliphatic carbocycles. The van der Waals surface area contributed by atoms with Crippen LogP contribution in [0.1, 0.15) is 18.1 Å². The Morgan fingerprint density at radius 2 is 1.69 bits per heavy atom. The zero-order chi connectivity index (χ0) is 19.2. The first kappa shape index (κ1) is 20.0. The van der Waals surface area contributed by atoms with Gasteiger partial charge < -0.3 is 14.8 Å². The Balaban J connectivity index is 2.00. The Hall–Kier alpha value is -2.35. The topological polar surface area (TPSA) is 30.5 Å². The molecule has 0 saturated carbocycles. The second kappa shape index (κ2) is 8.84. The van der Waals surface area contributed by atoms with Crippen molar-refractivity contribution in [3.05, 3.63) is 59.2 Å². The van der Waals surface area contributed by atoms with Crippen LogP contribution in [0.25, 0.3) is 0 Å². The van der Waals surface area contributed by atoms with Gasteiger partial charge in [0.1, 0.15) is 11.6 Å². The van der Waals surface area contributed by atoms with Gasteiger partial charge >= 0.3 is 6.18 Å². The Kier molecular flexibility index (Phi) is 6.79. The predicted octanol–water partition coefficient (Wildman–Crippen LogP) is 4.59. The van der Waals surface area contributed by atoms with Crippen molar-refractivity contribution >= 4 is 0 Å². The van der Waals surface area contributed by atoms with Gasteiger partial charge in [-0.1, -0.05) is 6.07 Å². The molecular formula is C18H18F5NO2. The molecule has 8 heteroatoms. The molecule has 0 fully saturated rings. The van der Waals surface area contributed by atoms with E-state index in [1.165, 1.54) is 6.07 Å². The van der Waals surface area contributed by atoms with Gasteiger partial charge in [-0.05, 0) is 42.8 Å². The number of halogens is 5.